The Bertz CT molecular complexity index is 684. The van der Waals surface area contributed by atoms with Crippen molar-refractivity contribution in [2.45, 2.75) is 32.9 Å². The normalized spacial score (nSPS) is 17.6. The van der Waals surface area contributed by atoms with Crippen molar-refractivity contribution in [2.24, 2.45) is 0 Å². The van der Waals surface area contributed by atoms with Gasteiger partial charge < -0.3 is 9.80 Å². The number of fused-ring (bicyclic) bond motifs is 1. The van der Waals surface area contributed by atoms with E-state index in [0.717, 1.165) is 23.6 Å². The molecule has 0 radical (unpaired) electrons. The molecular weight excluding hydrogens is 274 g/mol. The molecule has 1 aromatic carbocycles. The fourth-order valence-electron chi connectivity index (χ4n) is 2.86. The smallest absolute Gasteiger partial charge is 0.249 e. The number of anilines is 2. The van der Waals surface area contributed by atoms with Gasteiger partial charge in [0, 0.05) is 19.3 Å². The van der Waals surface area contributed by atoms with Gasteiger partial charge in [0.05, 0.1) is 5.69 Å². The zero-order valence-electron chi connectivity index (χ0n) is 13.3. The van der Waals surface area contributed by atoms with Gasteiger partial charge in [-0.15, -0.1) is 0 Å². The van der Waals surface area contributed by atoms with E-state index in [2.05, 4.69) is 24.0 Å². The first-order valence-electron chi connectivity index (χ1n) is 7.70. The predicted octanol–water partition coefficient (Wildman–Crippen LogP) is 3.02. The van der Waals surface area contributed by atoms with Crippen LogP contribution in [-0.4, -0.2) is 24.0 Å². The van der Waals surface area contributed by atoms with Crippen LogP contribution in [0.3, 0.4) is 0 Å². The summed E-state index contributed by atoms with van der Waals surface area (Å²) in [5.74, 6) is 1.01. The van der Waals surface area contributed by atoms with E-state index in [1.807, 2.05) is 44.3 Å². The summed E-state index contributed by atoms with van der Waals surface area (Å²) in [7, 11) is 1.82. The van der Waals surface area contributed by atoms with Crippen molar-refractivity contribution < 1.29 is 4.79 Å². The lowest BCUT2D eigenvalue weighted by molar-refractivity contribution is -0.119. The highest BCUT2D eigenvalue weighted by atomic mass is 16.2. The van der Waals surface area contributed by atoms with Crippen LogP contribution in [0.15, 0.2) is 42.5 Å². The molecule has 2 heterocycles. The van der Waals surface area contributed by atoms with Crippen molar-refractivity contribution >= 4 is 17.4 Å². The molecular formula is C18H21N3O. The fraction of sp³-hybridized carbons (Fsp3) is 0.333. The van der Waals surface area contributed by atoms with E-state index < -0.39 is 0 Å². The molecule has 1 amide bonds. The topological polar surface area (TPSA) is 36.4 Å². The van der Waals surface area contributed by atoms with Gasteiger partial charge in [0.1, 0.15) is 6.04 Å². The third-order valence-electron chi connectivity index (χ3n) is 4.26. The van der Waals surface area contributed by atoms with Gasteiger partial charge in [-0.3, -0.25) is 4.79 Å². The molecule has 114 valence electrons. The summed E-state index contributed by atoms with van der Waals surface area (Å²) in [5.41, 5.74) is 3.12. The van der Waals surface area contributed by atoms with Crippen LogP contribution in [0, 0.1) is 0 Å². The lowest BCUT2D eigenvalue weighted by Crippen LogP contribution is -2.50. The van der Waals surface area contributed by atoms with E-state index in [1.54, 1.807) is 4.90 Å². The molecule has 0 saturated heterocycles. The standard InChI is InChI=1S/C18H21N3O/c1-4-15-10-11-16-17(19-15)21(13(2)18(22)20(16)3)12-14-8-6-5-7-9-14/h5-11,13H,4,12H2,1-3H3. The average molecular weight is 295 g/mol. The fourth-order valence-corrected chi connectivity index (χ4v) is 2.86. The average Bonchev–Trinajstić information content (AvgIpc) is 2.57. The SMILES string of the molecule is CCc1ccc2c(n1)N(Cc1ccccc1)C(C)C(=O)N2C. The molecule has 22 heavy (non-hydrogen) atoms. The van der Waals surface area contributed by atoms with Crippen LogP contribution in [0.4, 0.5) is 11.5 Å². The third-order valence-corrected chi connectivity index (χ3v) is 4.26. The molecule has 3 rings (SSSR count). The number of nitrogens with zero attached hydrogens (tertiary/aromatic N) is 3. The van der Waals surface area contributed by atoms with Gasteiger partial charge in [-0.05, 0) is 31.0 Å². The van der Waals surface area contributed by atoms with E-state index >= 15 is 0 Å². The molecule has 1 atom stereocenters. The third kappa shape index (κ3) is 2.45. The first-order chi connectivity index (χ1) is 10.6. The second kappa shape index (κ2) is 5.79. The van der Waals surface area contributed by atoms with Gasteiger partial charge in [-0.25, -0.2) is 4.98 Å². The van der Waals surface area contributed by atoms with Crippen LogP contribution in [-0.2, 0) is 17.8 Å². The Morgan fingerprint density at radius 2 is 1.86 bits per heavy atom. The zero-order valence-corrected chi connectivity index (χ0v) is 13.3. The van der Waals surface area contributed by atoms with Crippen molar-refractivity contribution in [3.8, 4) is 0 Å². The number of amides is 1. The van der Waals surface area contributed by atoms with Crippen molar-refractivity contribution in [2.75, 3.05) is 16.8 Å². The lowest BCUT2D eigenvalue weighted by atomic mass is 10.1. The molecule has 4 nitrogen and oxygen atoms in total. The number of hydrogen-bond acceptors (Lipinski definition) is 3. The number of aromatic nitrogens is 1. The summed E-state index contributed by atoms with van der Waals surface area (Å²) in [6.07, 6.45) is 0.887. The summed E-state index contributed by atoms with van der Waals surface area (Å²) in [6, 6.07) is 14.0. The molecule has 1 unspecified atom stereocenters. The molecule has 0 spiro atoms. The van der Waals surface area contributed by atoms with E-state index in [9.17, 15) is 4.79 Å². The number of carbonyl (C=O) groups excluding carboxylic acids is 1. The number of aryl methyl sites for hydroxylation is 1. The highest BCUT2D eigenvalue weighted by Gasteiger charge is 2.34. The molecule has 0 aliphatic carbocycles. The minimum absolute atomic E-state index is 0.106. The van der Waals surface area contributed by atoms with E-state index in [4.69, 9.17) is 4.98 Å². The maximum Gasteiger partial charge on any atom is 0.249 e. The van der Waals surface area contributed by atoms with Gasteiger partial charge in [0.25, 0.3) is 0 Å². The Kier molecular flexibility index (Phi) is 3.84. The second-order valence-electron chi connectivity index (χ2n) is 5.69. The number of likely N-dealkylation sites (N-methyl/N-ethyl adjacent to an activating group) is 1. The maximum atomic E-state index is 12.5. The molecule has 2 aromatic rings. The lowest BCUT2D eigenvalue weighted by Gasteiger charge is -2.39. The number of pyridine rings is 1. The summed E-state index contributed by atoms with van der Waals surface area (Å²) >= 11 is 0. The first kappa shape index (κ1) is 14.6. The van der Waals surface area contributed by atoms with Gasteiger partial charge >= 0.3 is 0 Å². The Labute approximate surface area is 131 Å². The molecule has 1 aromatic heterocycles. The van der Waals surface area contributed by atoms with Crippen molar-refractivity contribution in [3.05, 3.63) is 53.7 Å². The highest BCUT2D eigenvalue weighted by molar-refractivity contribution is 6.04. The Morgan fingerprint density at radius 3 is 2.55 bits per heavy atom. The maximum absolute atomic E-state index is 12.5. The van der Waals surface area contributed by atoms with Crippen LogP contribution in [0.2, 0.25) is 0 Å². The summed E-state index contributed by atoms with van der Waals surface area (Å²) < 4.78 is 0. The van der Waals surface area contributed by atoms with Crippen molar-refractivity contribution in [3.63, 3.8) is 0 Å². The first-order valence-corrected chi connectivity index (χ1v) is 7.70. The molecule has 1 aliphatic heterocycles. The number of carbonyl (C=O) groups is 1. The highest BCUT2D eigenvalue weighted by Crippen LogP contribution is 2.34. The number of benzene rings is 1. The molecule has 1 aliphatic rings. The van der Waals surface area contributed by atoms with Crippen LogP contribution in [0.25, 0.3) is 0 Å². The minimum Gasteiger partial charge on any atom is -0.339 e. The van der Waals surface area contributed by atoms with Crippen molar-refractivity contribution in [1.29, 1.82) is 0 Å². The monoisotopic (exact) mass is 295 g/mol. The Hall–Kier alpha value is -2.36. The molecule has 4 heteroatoms. The summed E-state index contributed by atoms with van der Waals surface area (Å²) in [5, 5.41) is 0. The Morgan fingerprint density at radius 1 is 1.14 bits per heavy atom. The van der Waals surface area contributed by atoms with Crippen LogP contribution < -0.4 is 9.80 Å². The summed E-state index contributed by atoms with van der Waals surface area (Å²) in [6.45, 7) is 4.73. The van der Waals surface area contributed by atoms with Crippen LogP contribution >= 0.6 is 0 Å². The summed E-state index contributed by atoms with van der Waals surface area (Å²) in [4.78, 5) is 21.1. The van der Waals surface area contributed by atoms with E-state index in [0.29, 0.717) is 6.54 Å². The largest absolute Gasteiger partial charge is 0.339 e. The molecule has 0 fully saturated rings. The predicted molar refractivity (Wildman–Crippen MR) is 89.1 cm³/mol. The van der Waals surface area contributed by atoms with Crippen LogP contribution in [0.1, 0.15) is 25.1 Å². The Balaban J connectivity index is 2.05. The molecule has 0 bridgehead atoms. The second-order valence-corrected chi connectivity index (χ2v) is 5.69. The van der Waals surface area contributed by atoms with Gasteiger partial charge in [-0.2, -0.15) is 0 Å². The van der Waals surface area contributed by atoms with E-state index in [1.165, 1.54) is 5.56 Å². The number of hydrogen-bond donors (Lipinski definition) is 0. The van der Waals surface area contributed by atoms with Crippen molar-refractivity contribution in [1.82, 2.24) is 4.98 Å². The van der Waals surface area contributed by atoms with Gasteiger partial charge in [0.2, 0.25) is 5.91 Å². The molecule has 0 saturated carbocycles. The zero-order chi connectivity index (χ0) is 15.7. The minimum atomic E-state index is -0.211. The van der Waals surface area contributed by atoms with Gasteiger partial charge in [-0.1, -0.05) is 37.3 Å². The number of rotatable bonds is 3. The van der Waals surface area contributed by atoms with Crippen LogP contribution in [0.5, 0.6) is 0 Å². The quantitative estimate of drug-likeness (QED) is 0.873. The van der Waals surface area contributed by atoms with Gasteiger partial charge in [0.15, 0.2) is 5.82 Å². The molecule has 0 N–H and O–H groups in total. The van der Waals surface area contributed by atoms with E-state index in [-0.39, 0.29) is 11.9 Å².